The summed E-state index contributed by atoms with van der Waals surface area (Å²) in [4.78, 5) is 12.2. The fourth-order valence-electron chi connectivity index (χ4n) is 2.05. The Morgan fingerprint density at radius 2 is 1.69 bits per heavy atom. The standard InChI is InChI=1S/C18H18F2N2O3S/c1-11(2)24-13-9-7-12(8-10-13)16(23)22-18(26)21-14-5-3-4-6-15(14)25-17(19)20/h3-11,17H,1-2H3,(H2,21,22,23,26). The lowest BCUT2D eigenvalue weighted by atomic mass is 10.2. The Balaban J connectivity index is 1.98. The largest absolute Gasteiger partial charge is 0.491 e. The van der Waals surface area contributed by atoms with Gasteiger partial charge < -0.3 is 14.8 Å². The molecule has 5 nitrogen and oxygen atoms in total. The molecule has 0 atom stereocenters. The van der Waals surface area contributed by atoms with Crippen LogP contribution < -0.4 is 20.1 Å². The van der Waals surface area contributed by atoms with Crippen LogP contribution in [0.5, 0.6) is 11.5 Å². The number of amides is 1. The summed E-state index contributed by atoms with van der Waals surface area (Å²) in [5.74, 6) is 0.135. The van der Waals surface area contributed by atoms with Crippen molar-refractivity contribution in [3.8, 4) is 11.5 Å². The normalized spacial score (nSPS) is 10.5. The Kier molecular flexibility index (Phi) is 6.85. The summed E-state index contributed by atoms with van der Waals surface area (Å²) >= 11 is 5.06. The van der Waals surface area contributed by atoms with Gasteiger partial charge in [0.05, 0.1) is 11.8 Å². The summed E-state index contributed by atoms with van der Waals surface area (Å²) in [5.41, 5.74) is 0.598. The molecule has 0 radical (unpaired) electrons. The van der Waals surface area contributed by atoms with E-state index < -0.39 is 12.5 Å². The zero-order valence-electron chi connectivity index (χ0n) is 14.2. The van der Waals surface area contributed by atoms with Gasteiger partial charge in [-0.1, -0.05) is 12.1 Å². The van der Waals surface area contributed by atoms with Gasteiger partial charge in [-0.2, -0.15) is 8.78 Å². The average molecular weight is 380 g/mol. The van der Waals surface area contributed by atoms with Crippen LogP contribution in [0.4, 0.5) is 14.5 Å². The van der Waals surface area contributed by atoms with Crippen molar-refractivity contribution in [1.29, 1.82) is 0 Å². The van der Waals surface area contributed by atoms with E-state index in [0.717, 1.165) is 0 Å². The first-order chi connectivity index (χ1) is 12.3. The average Bonchev–Trinajstić information content (AvgIpc) is 2.56. The highest BCUT2D eigenvalue weighted by Gasteiger charge is 2.12. The first kappa shape index (κ1) is 19.6. The number of nitrogens with one attached hydrogen (secondary N) is 2. The molecule has 0 aliphatic carbocycles. The number of carbonyl (C=O) groups is 1. The van der Waals surface area contributed by atoms with Crippen LogP contribution in [-0.2, 0) is 0 Å². The summed E-state index contributed by atoms with van der Waals surface area (Å²) in [7, 11) is 0. The van der Waals surface area contributed by atoms with Gasteiger partial charge in [-0.15, -0.1) is 0 Å². The van der Waals surface area contributed by atoms with Crippen LogP contribution in [0.3, 0.4) is 0 Å². The van der Waals surface area contributed by atoms with Gasteiger partial charge in [0.1, 0.15) is 11.5 Å². The Morgan fingerprint density at radius 1 is 1.04 bits per heavy atom. The van der Waals surface area contributed by atoms with Gasteiger partial charge in [-0.3, -0.25) is 10.1 Å². The molecule has 2 aromatic rings. The zero-order chi connectivity index (χ0) is 19.1. The zero-order valence-corrected chi connectivity index (χ0v) is 15.0. The maximum atomic E-state index is 12.4. The van der Waals surface area contributed by atoms with Crippen LogP contribution in [0.2, 0.25) is 0 Å². The Morgan fingerprint density at radius 3 is 2.31 bits per heavy atom. The molecule has 0 saturated heterocycles. The van der Waals surface area contributed by atoms with Crippen LogP contribution in [0, 0.1) is 0 Å². The summed E-state index contributed by atoms with van der Waals surface area (Å²) in [6.07, 6.45) is 0.0296. The number of carbonyl (C=O) groups excluding carboxylic acids is 1. The van der Waals surface area contributed by atoms with Crippen LogP contribution in [0.1, 0.15) is 24.2 Å². The highest BCUT2D eigenvalue weighted by Crippen LogP contribution is 2.25. The van der Waals surface area contributed by atoms with E-state index in [-0.39, 0.29) is 22.7 Å². The van der Waals surface area contributed by atoms with Gasteiger partial charge in [-0.25, -0.2) is 0 Å². The quantitative estimate of drug-likeness (QED) is 0.736. The molecule has 1 amide bonds. The van der Waals surface area contributed by atoms with Gasteiger partial charge in [0.2, 0.25) is 0 Å². The predicted octanol–water partition coefficient (Wildman–Crippen LogP) is 4.20. The van der Waals surface area contributed by atoms with E-state index in [0.29, 0.717) is 11.3 Å². The Hall–Kier alpha value is -2.74. The number of thiocarbonyl (C=S) groups is 1. The van der Waals surface area contributed by atoms with Gasteiger partial charge >= 0.3 is 6.61 Å². The van der Waals surface area contributed by atoms with Crippen molar-refractivity contribution in [3.05, 3.63) is 54.1 Å². The third-order valence-electron chi connectivity index (χ3n) is 3.07. The second-order valence-electron chi connectivity index (χ2n) is 5.47. The number of benzene rings is 2. The number of ether oxygens (including phenoxy) is 2. The van der Waals surface area contributed by atoms with E-state index in [1.54, 1.807) is 36.4 Å². The number of para-hydroxylation sites is 2. The van der Waals surface area contributed by atoms with Gasteiger partial charge in [-0.05, 0) is 62.5 Å². The number of anilines is 1. The summed E-state index contributed by atoms with van der Waals surface area (Å²) in [6, 6.07) is 12.6. The maximum Gasteiger partial charge on any atom is 0.387 e. The lowest BCUT2D eigenvalue weighted by molar-refractivity contribution is -0.0493. The molecule has 138 valence electrons. The smallest absolute Gasteiger partial charge is 0.387 e. The van der Waals surface area contributed by atoms with Crippen molar-refractivity contribution in [3.63, 3.8) is 0 Å². The van der Waals surface area contributed by atoms with Gasteiger partial charge in [0.15, 0.2) is 5.11 Å². The van der Waals surface area contributed by atoms with E-state index in [9.17, 15) is 13.6 Å². The third kappa shape index (κ3) is 5.96. The summed E-state index contributed by atoms with van der Waals surface area (Å²) < 4.78 is 34.7. The summed E-state index contributed by atoms with van der Waals surface area (Å²) in [5, 5.41) is 5.11. The van der Waals surface area contributed by atoms with Crippen LogP contribution in [-0.4, -0.2) is 23.7 Å². The molecular formula is C18H18F2N2O3S. The van der Waals surface area contributed by atoms with E-state index in [1.807, 2.05) is 13.8 Å². The van der Waals surface area contributed by atoms with E-state index >= 15 is 0 Å². The van der Waals surface area contributed by atoms with Gasteiger partial charge in [0, 0.05) is 5.56 Å². The number of hydrogen-bond acceptors (Lipinski definition) is 4. The first-order valence-corrected chi connectivity index (χ1v) is 8.19. The highest BCUT2D eigenvalue weighted by atomic mass is 32.1. The topological polar surface area (TPSA) is 59.6 Å². The fourth-order valence-corrected chi connectivity index (χ4v) is 2.26. The second kappa shape index (κ2) is 9.10. The first-order valence-electron chi connectivity index (χ1n) is 7.78. The lowest BCUT2D eigenvalue weighted by Gasteiger charge is -2.14. The number of halogens is 2. The Bertz CT molecular complexity index is 767. The number of hydrogen-bond donors (Lipinski definition) is 2. The monoisotopic (exact) mass is 380 g/mol. The van der Waals surface area contributed by atoms with Crippen molar-refractivity contribution >= 4 is 28.9 Å². The molecule has 0 aromatic heterocycles. The molecule has 2 N–H and O–H groups in total. The third-order valence-corrected chi connectivity index (χ3v) is 3.27. The molecule has 2 rings (SSSR count). The minimum Gasteiger partial charge on any atom is -0.491 e. The van der Waals surface area contributed by atoms with Gasteiger partial charge in [0.25, 0.3) is 5.91 Å². The molecule has 26 heavy (non-hydrogen) atoms. The van der Waals surface area contributed by atoms with Crippen molar-refractivity contribution in [1.82, 2.24) is 5.32 Å². The van der Waals surface area contributed by atoms with Crippen LogP contribution in [0.25, 0.3) is 0 Å². The molecule has 0 aliphatic heterocycles. The number of rotatable bonds is 6. The van der Waals surface area contributed by atoms with E-state index in [1.165, 1.54) is 12.1 Å². The fraction of sp³-hybridized carbons (Fsp3) is 0.222. The maximum absolute atomic E-state index is 12.4. The van der Waals surface area contributed by atoms with Crippen LogP contribution >= 0.6 is 12.2 Å². The molecule has 0 unspecified atom stereocenters. The molecule has 2 aromatic carbocycles. The van der Waals surface area contributed by atoms with E-state index in [4.69, 9.17) is 17.0 Å². The van der Waals surface area contributed by atoms with Crippen LogP contribution in [0.15, 0.2) is 48.5 Å². The minimum absolute atomic E-state index is 0.0296. The second-order valence-corrected chi connectivity index (χ2v) is 5.88. The molecular weight excluding hydrogens is 362 g/mol. The molecule has 0 aliphatic rings. The minimum atomic E-state index is -2.97. The van der Waals surface area contributed by atoms with Crippen molar-refractivity contribution < 1.29 is 23.0 Å². The molecule has 0 spiro atoms. The van der Waals surface area contributed by atoms with Crippen molar-refractivity contribution in [2.24, 2.45) is 0 Å². The molecule has 0 saturated carbocycles. The Labute approximate surface area is 155 Å². The van der Waals surface area contributed by atoms with Crippen molar-refractivity contribution in [2.45, 2.75) is 26.6 Å². The SMILES string of the molecule is CC(C)Oc1ccc(C(=O)NC(=S)Nc2ccccc2OC(F)F)cc1. The highest BCUT2D eigenvalue weighted by molar-refractivity contribution is 7.80. The number of alkyl halides is 2. The van der Waals surface area contributed by atoms with Crippen molar-refractivity contribution in [2.75, 3.05) is 5.32 Å². The molecule has 0 heterocycles. The molecule has 8 heteroatoms. The molecule has 0 bridgehead atoms. The summed E-state index contributed by atoms with van der Waals surface area (Å²) in [6.45, 7) is 0.841. The van der Waals surface area contributed by atoms with E-state index in [2.05, 4.69) is 15.4 Å². The predicted molar refractivity (Wildman–Crippen MR) is 99.0 cm³/mol. The molecule has 0 fully saturated rings. The lowest BCUT2D eigenvalue weighted by Crippen LogP contribution is -2.34.